The highest BCUT2D eigenvalue weighted by Crippen LogP contribution is 2.45. The van der Waals surface area contributed by atoms with E-state index in [1.165, 1.54) is 84.5 Å². The van der Waals surface area contributed by atoms with Crippen molar-refractivity contribution in [3.05, 3.63) is 382 Å². The van der Waals surface area contributed by atoms with Gasteiger partial charge in [-0.25, -0.2) is 0 Å². The predicted octanol–water partition coefficient (Wildman–Crippen LogP) is 25.7. The molecule has 0 aliphatic rings. The molecule has 0 saturated carbocycles. The highest BCUT2D eigenvalue weighted by atomic mass is 32.1. The van der Waals surface area contributed by atoms with Gasteiger partial charge in [-0.3, -0.25) is 0 Å². The lowest BCUT2D eigenvalue weighted by molar-refractivity contribution is 0.668. The number of furan rings is 2. The largest absolute Gasteiger partial charge is 0.456 e. The van der Waals surface area contributed by atoms with Crippen LogP contribution in [0.2, 0.25) is 0 Å². The normalized spacial score (nSPS) is 12.2. The van der Waals surface area contributed by atoms with Crippen LogP contribution in [0.15, 0.2) is 379 Å². The SMILES string of the molecule is C=Cc1c(/C=C\C)n(-c2ccc3oc4ccc(-c5cccc(-c6ccc7oc8ccc(-n9c%10ccccc%10c%10cc(-c%11ccc%12c(c%11)c%11ccccc%11n%12-c%11cccc([Si](c%12ccccc%12)(c%12ccccc%12)c%12cccc(-c%13cccc%14c%13sc%13ccccc%13%14)c%12)c%11)ccc%109)cc8c7c6)c5)cc4c3c2)c2ccccc12. The van der Waals surface area contributed by atoms with Crippen molar-refractivity contribution in [3.8, 4) is 61.6 Å². The van der Waals surface area contributed by atoms with E-state index in [9.17, 15) is 0 Å². The van der Waals surface area contributed by atoms with Crippen molar-refractivity contribution in [1.29, 1.82) is 0 Å². The minimum Gasteiger partial charge on any atom is -0.456 e. The van der Waals surface area contributed by atoms with Crippen molar-refractivity contribution in [3.63, 3.8) is 0 Å². The first-order chi connectivity index (χ1) is 54.4. The predicted molar refractivity (Wildman–Crippen MR) is 470 cm³/mol. The number of fused-ring (bicyclic) bond motifs is 16. The summed E-state index contributed by atoms with van der Waals surface area (Å²) in [6, 6.07) is 133. The topological polar surface area (TPSA) is 41.1 Å². The molecule has 0 aliphatic heterocycles. The van der Waals surface area contributed by atoms with E-state index in [0.29, 0.717) is 0 Å². The van der Waals surface area contributed by atoms with Gasteiger partial charge in [-0.15, -0.1) is 11.3 Å². The first-order valence-electron chi connectivity index (χ1n) is 37.7. The molecule has 0 aliphatic carbocycles. The van der Waals surface area contributed by atoms with Gasteiger partial charge in [0.25, 0.3) is 0 Å². The smallest absolute Gasteiger partial charge is 0.179 e. The number of hydrogen-bond donors (Lipinski definition) is 0. The van der Waals surface area contributed by atoms with Gasteiger partial charge < -0.3 is 22.5 Å². The van der Waals surface area contributed by atoms with Crippen LogP contribution in [0.5, 0.6) is 0 Å². The Morgan fingerprint density at radius 1 is 0.291 bits per heavy atom. The number of thiophene rings is 1. The molecule has 110 heavy (non-hydrogen) atoms. The van der Waals surface area contributed by atoms with Crippen molar-refractivity contribution in [2.24, 2.45) is 0 Å². The Balaban J connectivity index is 0.611. The fourth-order valence-corrected chi connectivity index (χ4v) is 24.2. The van der Waals surface area contributed by atoms with Crippen LogP contribution in [0.1, 0.15) is 18.2 Å². The molecule has 6 heterocycles. The van der Waals surface area contributed by atoms with Crippen molar-refractivity contribution in [2.45, 2.75) is 6.92 Å². The second kappa shape index (κ2) is 25.2. The summed E-state index contributed by atoms with van der Waals surface area (Å²) in [5, 5.41) is 18.2. The average molecular weight is 1440 g/mol. The summed E-state index contributed by atoms with van der Waals surface area (Å²) >= 11 is 1.89. The molecule has 0 unspecified atom stereocenters. The number of hydrogen-bond acceptors (Lipinski definition) is 3. The second-order valence-corrected chi connectivity index (χ2v) is 33.8. The fraction of sp³-hybridized carbons (Fsp3) is 0.00971. The summed E-state index contributed by atoms with van der Waals surface area (Å²) in [5.74, 6) is 0. The molecule has 0 spiro atoms. The molecule has 0 bridgehead atoms. The Labute approximate surface area is 639 Å². The van der Waals surface area contributed by atoms with E-state index in [4.69, 9.17) is 8.83 Å². The van der Waals surface area contributed by atoms with Gasteiger partial charge in [-0.05, 0) is 206 Å². The molecule has 0 atom stereocenters. The van der Waals surface area contributed by atoms with Crippen molar-refractivity contribution in [1.82, 2.24) is 13.7 Å². The van der Waals surface area contributed by atoms with E-state index < -0.39 is 8.07 Å². The zero-order valence-electron chi connectivity index (χ0n) is 60.1. The standard InChI is InChI=1S/C103H67N3O2SSi/c1-3-23-92-79(4-2)81-34-11-15-40-93(81)105(92)73-48-54-100-90(63-73)88-60-69(46-52-98(88)107-100)65-24-19-25-66(56-65)70-47-53-99-89(61-70)91-64-74(49-55-101(91)108-99)106-95-42-17-13-36-83(95)87-59-68(45-51-97(87)106)67-44-50-96-86(58-67)82-35-12-16-41-94(82)104(96)72-27-21-33-78(62-72)110(75-28-7-5-8-29-75,76-30-9-6-10-31-76)77-32-20-26-71(57-77)80-38-22-39-85-84-37-14-18-43-102(84)109-103(80)85/h3-64H,2H2,1H3/b23-3-. The van der Waals surface area contributed by atoms with Gasteiger partial charge in [-0.2, -0.15) is 0 Å². The van der Waals surface area contributed by atoms with Gasteiger partial charge >= 0.3 is 0 Å². The van der Waals surface area contributed by atoms with Crippen molar-refractivity contribution < 1.29 is 8.83 Å². The lowest BCUT2D eigenvalue weighted by Crippen LogP contribution is -2.74. The van der Waals surface area contributed by atoms with Crippen molar-refractivity contribution >= 4 is 171 Å². The zero-order valence-corrected chi connectivity index (χ0v) is 61.9. The molecule has 0 saturated heterocycles. The molecule has 0 amide bonds. The van der Waals surface area contributed by atoms with Gasteiger partial charge in [-0.1, -0.05) is 249 Å². The van der Waals surface area contributed by atoms with Crippen LogP contribution in [0, 0.1) is 0 Å². The third-order valence-corrected chi connectivity index (χ3v) is 29.0. The quantitative estimate of drug-likeness (QED) is 0.0853. The number of aromatic nitrogens is 3. The van der Waals surface area contributed by atoms with Crippen LogP contribution >= 0.6 is 11.3 Å². The number of nitrogens with zero attached hydrogens (tertiary/aromatic N) is 3. The van der Waals surface area contributed by atoms with Gasteiger partial charge in [0.15, 0.2) is 8.07 Å². The molecule has 22 rings (SSSR count). The third-order valence-electron chi connectivity index (χ3n) is 23.1. The number of para-hydroxylation sites is 3. The maximum Gasteiger partial charge on any atom is 0.179 e. The van der Waals surface area contributed by atoms with E-state index in [0.717, 1.165) is 128 Å². The van der Waals surface area contributed by atoms with Crippen LogP contribution in [0.3, 0.4) is 0 Å². The molecular formula is C103H67N3O2SSi. The van der Waals surface area contributed by atoms with Gasteiger partial charge in [0.1, 0.15) is 22.3 Å². The number of allylic oxidation sites excluding steroid dienone is 1. The molecule has 16 aromatic carbocycles. The molecule has 516 valence electrons. The van der Waals surface area contributed by atoms with Crippen LogP contribution in [-0.2, 0) is 0 Å². The summed E-state index contributed by atoms with van der Waals surface area (Å²) in [6.07, 6.45) is 6.23. The minimum absolute atomic E-state index is 0.850. The van der Waals surface area contributed by atoms with Crippen LogP contribution in [-0.4, -0.2) is 21.8 Å². The maximum atomic E-state index is 6.66. The Hall–Kier alpha value is -13.8. The lowest BCUT2D eigenvalue weighted by atomic mass is 9.97. The van der Waals surface area contributed by atoms with Gasteiger partial charge in [0.05, 0.1) is 33.3 Å². The maximum absolute atomic E-state index is 6.66. The summed E-state index contributed by atoms with van der Waals surface area (Å²) in [5.41, 5.74) is 24.0. The van der Waals surface area contributed by atoms with E-state index in [1.807, 2.05) is 17.4 Å². The molecule has 22 aromatic rings. The third kappa shape index (κ3) is 9.78. The average Bonchev–Trinajstić information content (AvgIpc) is 1.61. The lowest BCUT2D eigenvalue weighted by Gasteiger charge is -2.35. The second-order valence-electron chi connectivity index (χ2n) is 29.0. The van der Waals surface area contributed by atoms with E-state index in [-0.39, 0.29) is 0 Å². The summed E-state index contributed by atoms with van der Waals surface area (Å²) in [6.45, 7) is 6.27. The molecule has 7 heteroatoms. The van der Waals surface area contributed by atoms with Crippen molar-refractivity contribution in [2.75, 3.05) is 0 Å². The van der Waals surface area contributed by atoms with Crippen LogP contribution in [0.25, 0.3) is 192 Å². The first-order valence-corrected chi connectivity index (χ1v) is 40.5. The van der Waals surface area contributed by atoms with Crippen LogP contribution in [0.4, 0.5) is 0 Å². The highest BCUT2D eigenvalue weighted by Gasteiger charge is 2.42. The molecule has 0 N–H and O–H groups in total. The van der Waals surface area contributed by atoms with E-state index in [2.05, 4.69) is 397 Å². The molecule has 0 fully saturated rings. The molecular weight excluding hydrogens is 1370 g/mol. The Morgan fingerprint density at radius 3 is 1.28 bits per heavy atom. The minimum atomic E-state index is -3.05. The van der Waals surface area contributed by atoms with Crippen LogP contribution < -0.4 is 20.7 Å². The Bertz CT molecular complexity index is 7550. The van der Waals surface area contributed by atoms with Gasteiger partial charge in [0, 0.05) is 91.3 Å². The fourth-order valence-electron chi connectivity index (χ4n) is 18.2. The number of rotatable bonds is 13. The molecule has 6 aromatic heterocycles. The molecule has 0 radical (unpaired) electrons. The van der Waals surface area contributed by atoms with E-state index in [1.54, 1.807) is 0 Å². The zero-order chi connectivity index (χ0) is 72.7. The monoisotopic (exact) mass is 1440 g/mol. The number of benzene rings is 16. The summed E-state index contributed by atoms with van der Waals surface area (Å²) in [4.78, 5) is 0. The van der Waals surface area contributed by atoms with Gasteiger partial charge in [0.2, 0.25) is 0 Å². The van der Waals surface area contributed by atoms with E-state index >= 15 is 0 Å². The Morgan fingerprint density at radius 2 is 0.700 bits per heavy atom. The Kier molecular flexibility index (Phi) is 14.5. The summed E-state index contributed by atoms with van der Waals surface area (Å²) < 4.78 is 23.1. The first kappa shape index (κ1) is 63.5. The highest BCUT2D eigenvalue weighted by molar-refractivity contribution is 7.26. The molecule has 5 nitrogen and oxygen atoms in total. The summed E-state index contributed by atoms with van der Waals surface area (Å²) in [7, 11) is -3.05.